The van der Waals surface area contributed by atoms with Gasteiger partial charge in [-0.05, 0) is 45.2 Å². The third-order valence-corrected chi connectivity index (χ3v) is 3.90. The Labute approximate surface area is 115 Å². The van der Waals surface area contributed by atoms with Crippen molar-refractivity contribution in [2.24, 2.45) is 0 Å². The van der Waals surface area contributed by atoms with Crippen LogP contribution in [-0.4, -0.2) is 18.2 Å². The summed E-state index contributed by atoms with van der Waals surface area (Å²) >= 11 is 6.23. The second-order valence-electron chi connectivity index (χ2n) is 5.34. The Balaban J connectivity index is 1.99. The molecule has 3 heteroatoms. The fourth-order valence-electron chi connectivity index (χ4n) is 2.81. The predicted molar refractivity (Wildman–Crippen MR) is 76.0 cm³/mol. The van der Waals surface area contributed by atoms with Gasteiger partial charge in [0.15, 0.2) is 0 Å². The van der Waals surface area contributed by atoms with Gasteiger partial charge in [0.05, 0.1) is 12.2 Å². The molecule has 1 heterocycles. The Morgan fingerprint density at radius 3 is 2.44 bits per heavy atom. The molecule has 0 bridgehead atoms. The molecule has 1 fully saturated rings. The number of hydrogen-bond acceptors (Lipinski definition) is 2. The molecule has 0 radical (unpaired) electrons. The summed E-state index contributed by atoms with van der Waals surface area (Å²) in [6, 6.07) is 8.83. The molecule has 1 aromatic carbocycles. The molecule has 0 saturated carbocycles. The number of rotatable bonds is 3. The molecule has 0 amide bonds. The van der Waals surface area contributed by atoms with Crippen molar-refractivity contribution in [2.45, 2.75) is 57.9 Å². The molecule has 0 aliphatic carbocycles. The highest BCUT2D eigenvalue weighted by Crippen LogP contribution is 2.25. The van der Waals surface area contributed by atoms with E-state index in [0.717, 1.165) is 17.9 Å². The van der Waals surface area contributed by atoms with E-state index in [9.17, 15) is 0 Å². The minimum atomic E-state index is 0.279. The molecule has 100 valence electrons. The normalized spacial score (nSPS) is 30.1. The molecule has 2 rings (SSSR count). The van der Waals surface area contributed by atoms with E-state index < -0.39 is 0 Å². The summed E-state index contributed by atoms with van der Waals surface area (Å²) in [6.07, 6.45) is 2.81. The molecule has 3 atom stereocenters. The van der Waals surface area contributed by atoms with Gasteiger partial charge >= 0.3 is 0 Å². The van der Waals surface area contributed by atoms with Gasteiger partial charge in [-0.25, -0.2) is 0 Å². The molecule has 1 aliphatic rings. The molecular formula is C15H22ClNO. The number of benzene rings is 1. The van der Waals surface area contributed by atoms with Crippen LogP contribution in [-0.2, 0) is 4.74 Å². The molecule has 1 aliphatic heterocycles. The lowest BCUT2D eigenvalue weighted by molar-refractivity contribution is -0.0433. The summed E-state index contributed by atoms with van der Waals surface area (Å²) in [6.45, 7) is 6.46. The summed E-state index contributed by atoms with van der Waals surface area (Å²) < 4.78 is 5.76. The summed E-state index contributed by atoms with van der Waals surface area (Å²) in [7, 11) is 0. The van der Waals surface area contributed by atoms with Crippen molar-refractivity contribution in [1.29, 1.82) is 0 Å². The SMILES string of the molecule is CC1CC(N[C@H](C)c2ccccc2Cl)CC(C)O1. The summed E-state index contributed by atoms with van der Waals surface area (Å²) in [5, 5.41) is 4.51. The lowest BCUT2D eigenvalue weighted by Gasteiger charge is -2.34. The maximum atomic E-state index is 6.23. The van der Waals surface area contributed by atoms with Crippen molar-refractivity contribution in [2.75, 3.05) is 0 Å². The smallest absolute Gasteiger partial charge is 0.0565 e. The zero-order valence-electron chi connectivity index (χ0n) is 11.3. The van der Waals surface area contributed by atoms with E-state index >= 15 is 0 Å². The minimum Gasteiger partial charge on any atom is -0.375 e. The first-order valence-electron chi connectivity index (χ1n) is 6.72. The van der Waals surface area contributed by atoms with Crippen LogP contribution in [0.5, 0.6) is 0 Å². The highest BCUT2D eigenvalue weighted by Gasteiger charge is 2.25. The summed E-state index contributed by atoms with van der Waals surface area (Å²) in [4.78, 5) is 0. The van der Waals surface area contributed by atoms with Crippen molar-refractivity contribution in [3.63, 3.8) is 0 Å². The van der Waals surface area contributed by atoms with Crippen LogP contribution in [0.3, 0.4) is 0 Å². The highest BCUT2D eigenvalue weighted by molar-refractivity contribution is 6.31. The molecule has 2 unspecified atom stereocenters. The Bertz CT molecular complexity index is 386. The Kier molecular flexibility index (Phi) is 4.66. The largest absolute Gasteiger partial charge is 0.375 e. The zero-order chi connectivity index (χ0) is 13.1. The van der Waals surface area contributed by atoms with E-state index in [1.54, 1.807) is 0 Å². The van der Waals surface area contributed by atoms with Crippen LogP contribution in [0, 0.1) is 0 Å². The summed E-state index contributed by atoms with van der Waals surface area (Å²) in [5.74, 6) is 0. The van der Waals surface area contributed by atoms with Gasteiger partial charge in [-0.3, -0.25) is 0 Å². The second kappa shape index (κ2) is 6.05. The lowest BCUT2D eigenvalue weighted by Crippen LogP contribution is -2.42. The quantitative estimate of drug-likeness (QED) is 0.896. The van der Waals surface area contributed by atoms with E-state index in [0.29, 0.717) is 18.2 Å². The maximum absolute atomic E-state index is 6.23. The van der Waals surface area contributed by atoms with Crippen LogP contribution in [0.1, 0.15) is 45.2 Å². The third kappa shape index (κ3) is 3.47. The van der Waals surface area contributed by atoms with E-state index in [-0.39, 0.29) is 6.04 Å². The third-order valence-electron chi connectivity index (χ3n) is 3.55. The standard InChI is InChI=1S/C15H22ClNO/c1-10-8-13(9-11(2)18-10)17-12(3)14-6-4-5-7-15(14)16/h4-7,10-13,17H,8-9H2,1-3H3/t10?,11?,12-,13?/m1/s1. The molecule has 1 aromatic rings. The Morgan fingerprint density at radius 2 is 1.83 bits per heavy atom. The van der Waals surface area contributed by atoms with Crippen LogP contribution in [0.4, 0.5) is 0 Å². The number of nitrogens with one attached hydrogen (secondary N) is 1. The van der Waals surface area contributed by atoms with Crippen molar-refractivity contribution < 1.29 is 4.74 Å². The first kappa shape index (κ1) is 13.9. The van der Waals surface area contributed by atoms with Gasteiger partial charge in [0.25, 0.3) is 0 Å². The second-order valence-corrected chi connectivity index (χ2v) is 5.74. The highest BCUT2D eigenvalue weighted by atomic mass is 35.5. The maximum Gasteiger partial charge on any atom is 0.0565 e. The molecule has 2 nitrogen and oxygen atoms in total. The fraction of sp³-hybridized carbons (Fsp3) is 0.600. The first-order chi connectivity index (χ1) is 8.56. The van der Waals surface area contributed by atoms with E-state index in [1.165, 1.54) is 5.56 Å². The molecule has 1 N–H and O–H groups in total. The Hall–Kier alpha value is -0.570. The van der Waals surface area contributed by atoms with Crippen molar-refractivity contribution in [1.82, 2.24) is 5.32 Å². The van der Waals surface area contributed by atoms with Crippen LogP contribution in [0.2, 0.25) is 5.02 Å². The van der Waals surface area contributed by atoms with Crippen molar-refractivity contribution in [3.8, 4) is 0 Å². The van der Waals surface area contributed by atoms with Crippen molar-refractivity contribution >= 4 is 11.6 Å². The van der Waals surface area contributed by atoms with Crippen molar-refractivity contribution in [3.05, 3.63) is 34.9 Å². The van der Waals surface area contributed by atoms with Crippen LogP contribution in [0.25, 0.3) is 0 Å². The number of ether oxygens (including phenoxy) is 1. The van der Waals surface area contributed by atoms with Gasteiger partial charge in [0, 0.05) is 17.1 Å². The van der Waals surface area contributed by atoms with Crippen LogP contribution in [0.15, 0.2) is 24.3 Å². The van der Waals surface area contributed by atoms with E-state index in [2.05, 4.69) is 32.2 Å². The molecule has 0 aromatic heterocycles. The van der Waals surface area contributed by atoms with E-state index in [4.69, 9.17) is 16.3 Å². The topological polar surface area (TPSA) is 21.3 Å². The monoisotopic (exact) mass is 267 g/mol. The van der Waals surface area contributed by atoms with Gasteiger partial charge in [0.2, 0.25) is 0 Å². The van der Waals surface area contributed by atoms with Gasteiger partial charge < -0.3 is 10.1 Å². The van der Waals surface area contributed by atoms with Crippen LogP contribution >= 0.6 is 11.6 Å². The summed E-state index contributed by atoms with van der Waals surface area (Å²) in [5.41, 5.74) is 1.17. The van der Waals surface area contributed by atoms with Crippen LogP contribution < -0.4 is 5.32 Å². The minimum absolute atomic E-state index is 0.279. The van der Waals surface area contributed by atoms with Gasteiger partial charge in [-0.2, -0.15) is 0 Å². The lowest BCUT2D eigenvalue weighted by atomic mass is 9.98. The van der Waals surface area contributed by atoms with Gasteiger partial charge in [-0.15, -0.1) is 0 Å². The average Bonchev–Trinajstić information content (AvgIpc) is 2.27. The molecule has 18 heavy (non-hydrogen) atoms. The van der Waals surface area contributed by atoms with E-state index in [1.807, 2.05) is 18.2 Å². The van der Waals surface area contributed by atoms with Gasteiger partial charge in [-0.1, -0.05) is 29.8 Å². The molecule has 1 saturated heterocycles. The number of hydrogen-bond donors (Lipinski definition) is 1. The average molecular weight is 268 g/mol. The molecule has 0 spiro atoms. The van der Waals surface area contributed by atoms with Gasteiger partial charge in [0.1, 0.15) is 0 Å². The number of halogens is 1. The predicted octanol–water partition coefficient (Wildman–Crippen LogP) is 3.95. The Morgan fingerprint density at radius 1 is 1.22 bits per heavy atom. The zero-order valence-corrected chi connectivity index (χ0v) is 12.1. The molecular weight excluding hydrogens is 246 g/mol. The first-order valence-corrected chi connectivity index (χ1v) is 7.10. The fourth-order valence-corrected chi connectivity index (χ4v) is 3.11.